The highest BCUT2D eigenvalue weighted by Gasteiger charge is 2.20. The second-order valence-electron chi connectivity index (χ2n) is 5.03. The average Bonchev–Trinajstić information content (AvgIpc) is 2.33. The number of amides is 1. The van der Waals surface area contributed by atoms with E-state index in [-0.39, 0.29) is 17.2 Å². The summed E-state index contributed by atoms with van der Waals surface area (Å²) < 4.78 is 13.7. The number of carbonyl (C=O) groups is 1. The Hall–Kier alpha value is -1.69. The molecule has 0 aliphatic carbocycles. The van der Waals surface area contributed by atoms with Gasteiger partial charge < -0.3 is 15.7 Å². The van der Waals surface area contributed by atoms with E-state index in [1.165, 1.54) is 17.0 Å². The van der Waals surface area contributed by atoms with Gasteiger partial charge in [0.05, 0.1) is 10.6 Å². The van der Waals surface area contributed by atoms with Crippen LogP contribution in [0.25, 0.3) is 0 Å². The molecule has 0 aliphatic heterocycles. The smallest absolute Gasteiger partial charge is 0.256 e. The van der Waals surface area contributed by atoms with Crippen molar-refractivity contribution in [2.24, 2.45) is 11.7 Å². The number of rotatable bonds is 6. The fraction of sp³-hybridized carbons (Fsp3) is 0.429. The van der Waals surface area contributed by atoms with Gasteiger partial charge in [-0.3, -0.25) is 4.79 Å². The number of benzene rings is 1. The first-order chi connectivity index (χ1) is 9.31. The lowest BCUT2D eigenvalue weighted by atomic mass is 10.1. The number of hydrogen-bond donors (Lipinski definition) is 2. The summed E-state index contributed by atoms with van der Waals surface area (Å²) in [7, 11) is 0. The zero-order valence-corrected chi connectivity index (χ0v) is 12.4. The van der Waals surface area contributed by atoms with E-state index in [2.05, 4.69) is 0 Å². The standard InChI is InChI=1S/C14H19FN2O2S/c1-9(2)8-17(6-5-13(16)20)14(19)11-4-3-10(18)7-12(11)15/h3-4,7,9,18H,5-6,8H2,1-2H3,(H2,16,20). The summed E-state index contributed by atoms with van der Waals surface area (Å²) in [5, 5.41) is 9.18. The highest BCUT2D eigenvalue weighted by atomic mass is 32.1. The number of carbonyl (C=O) groups excluding carboxylic acids is 1. The molecule has 1 aromatic rings. The van der Waals surface area contributed by atoms with Gasteiger partial charge in [-0.2, -0.15) is 0 Å². The number of hydrogen-bond acceptors (Lipinski definition) is 3. The molecule has 0 heterocycles. The number of phenolic OH excluding ortho intramolecular Hbond substituents is 1. The number of thiocarbonyl (C=S) groups is 1. The summed E-state index contributed by atoms with van der Waals surface area (Å²) in [5.74, 6) is -1.13. The van der Waals surface area contributed by atoms with Crippen LogP contribution in [0.4, 0.5) is 4.39 Å². The van der Waals surface area contributed by atoms with E-state index in [0.29, 0.717) is 24.5 Å². The summed E-state index contributed by atoms with van der Waals surface area (Å²) in [4.78, 5) is 14.2. The van der Waals surface area contributed by atoms with Gasteiger partial charge in [0, 0.05) is 25.6 Å². The Morgan fingerprint density at radius 1 is 1.50 bits per heavy atom. The van der Waals surface area contributed by atoms with Crippen LogP contribution in [0.3, 0.4) is 0 Å². The normalized spacial score (nSPS) is 10.6. The van der Waals surface area contributed by atoms with E-state index in [1.54, 1.807) is 0 Å². The minimum atomic E-state index is -0.737. The third-order valence-corrected chi connectivity index (χ3v) is 2.89. The molecule has 0 atom stereocenters. The van der Waals surface area contributed by atoms with Crippen molar-refractivity contribution in [1.82, 2.24) is 4.90 Å². The molecule has 0 bridgehead atoms. The molecule has 0 aliphatic rings. The van der Waals surface area contributed by atoms with Crippen molar-refractivity contribution in [3.05, 3.63) is 29.6 Å². The largest absolute Gasteiger partial charge is 0.508 e. The summed E-state index contributed by atoms with van der Waals surface area (Å²) in [5.41, 5.74) is 5.38. The lowest BCUT2D eigenvalue weighted by Crippen LogP contribution is -2.37. The summed E-state index contributed by atoms with van der Waals surface area (Å²) in [6.07, 6.45) is 0.396. The second-order valence-corrected chi connectivity index (χ2v) is 5.55. The summed E-state index contributed by atoms with van der Waals surface area (Å²) in [6.45, 7) is 4.77. The lowest BCUT2D eigenvalue weighted by molar-refractivity contribution is 0.0736. The van der Waals surface area contributed by atoms with E-state index in [4.69, 9.17) is 18.0 Å². The maximum Gasteiger partial charge on any atom is 0.256 e. The highest BCUT2D eigenvalue weighted by Crippen LogP contribution is 2.17. The van der Waals surface area contributed by atoms with Crippen molar-refractivity contribution in [1.29, 1.82) is 0 Å². The molecule has 0 aromatic heterocycles. The minimum absolute atomic E-state index is 0.0635. The summed E-state index contributed by atoms with van der Waals surface area (Å²) in [6, 6.07) is 3.49. The van der Waals surface area contributed by atoms with Gasteiger partial charge in [0.2, 0.25) is 0 Å². The maximum absolute atomic E-state index is 13.7. The third-order valence-electron chi connectivity index (χ3n) is 2.68. The zero-order chi connectivity index (χ0) is 15.3. The van der Waals surface area contributed by atoms with Crippen LogP contribution in [-0.2, 0) is 0 Å². The number of phenols is 1. The topological polar surface area (TPSA) is 66.6 Å². The molecule has 0 fully saturated rings. The van der Waals surface area contributed by atoms with Gasteiger partial charge in [0.1, 0.15) is 11.6 Å². The van der Waals surface area contributed by atoms with Crippen LogP contribution in [0.1, 0.15) is 30.6 Å². The van der Waals surface area contributed by atoms with E-state index >= 15 is 0 Å². The van der Waals surface area contributed by atoms with Gasteiger partial charge in [-0.05, 0) is 18.1 Å². The molecular formula is C14H19FN2O2S. The SMILES string of the molecule is CC(C)CN(CCC(N)=S)C(=O)c1ccc(O)cc1F. The van der Waals surface area contributed by atoms with Crippen LogP contribution >= 0.6 is 12.2 Å². The second kappa shape index (κ2) is 7.19. The Kier molecular flexibility index (Phi) is 5.88. The van der Waals surface area contributed by atoms with Crippen molar-refractivity contribution < 1.29 is 14.3 Å². The van der Waals surface area contributed by atoms with Crippen LogP contribution in [0, 0.1) is 11.7 Å². The molecule has 0 unspecified atom stereocenters. The minimum Gasteiger partial charge on any atom is -0.508 e. The Morgan fingerprint density at radius 3 is 2.65 bits per heavy atom. The maximum atomic E-state index is 13.7. The van der Waals surface area contributed by atoms with Crippen LogP contribution in [0.5, 0.6) is 5.75 Å². The first-order valence-electron chi connectivity index (χ1n) is 6.37. The van der Waals surface area contributed by atoms with Gasteiger partial charge in [-0.1, -0.05) is 26.1 Å². The Bertz CT molecular complexity index is 506. The Labute approximate surface area is 123 Å². The fourth-order valence-electron chi connectivity index (χ4n) is 1.81. The number of nitrogens with two attached hydrogens (primary N) is 1. The van der Waals surface area contributed by atoms with Gasteiger partial charge >= 0.3 is 0 Å². The molecule has 0 spiro atoms. The summed E-state index contributed by atoms with van der Waals surface area (Å²) >= 11 is 4.81. The van der Waals surface area contributed by atoms with Gasteiger partial charge in [-0.15, -0.1) is 0 Å². The Balaban J connectivity index is 2.93. The average molecular weight is 298 g/mol. The number of nitrogens with zero attached hydrogens (tertiary/aromatic N) is 1. The molecule has 4 nitrogen and oxygen atoms in total. The van der Waals surface area contributed by atoms with Crippen molar-refractivity contribution in [3.8, 4) is 5.75 Å². The third kappa shape index (κ3) is 4.77. The Morgan fingerprint density at radius 2 is 2.15 bits per heavy atom. The number of aromatic hydroxyl groups is 1. The quantitative estimate of drug-likeness (QED) is 0.791. The molecule has 6 heteroatoms. The van der Waals surface area contributed by atoms with Crippen molar-refractivity contribution in [2.45, 2.75) is 20.3 Å². The molecule has 3 N–H and O–H groups in total. The lowest BCUT2D eigenvalue weighted by Gasteiger charge is -2.24. The molecule has 0 saturated carbocycles. The first kappa shape index (κ1) is 16.4. The molecule has 110 valence electrons. The molecule has 1 aromatic carbocycles. The monoisotopic (exact) mass is 298 g/mol. The molecule has 0 saturated heterocycles. The number of halogens is 1. The van der Waals surface area contributed by atoms with Crippen LogP contribution in [0.15, 0.2) is 18.2 Å². The van der Waals surface area contributed by atoms with Crippen molar-refractivity contribution in [2.75, 3.05) is 13.1 Å². The van der Waals surface area contributed by atoms with E-state index in [1.807, 2.05) is 13.8 Å². The van der Waals surface area contributed by atoms with Crippen LogP contribution in [-0.4, -0.2) is 34.0 Å². The zero-order valence-electron chi connectivity index (χ0n) is 11.6. The molecule has 20 heavy (non-hydrogen) atoms. The highest BCUT2D eigenvalue weighted by molar-refractivity contribution is 7.80. The molecule has 0 radical (unpaired) electrons. The van der Waals surface area contributed by atoms with Gasteiger partial charge in [0.25, 0.3) is 5.91 Å². The van der Waals surface area contributed by atoms with Crippen molar-refractivity contribution >= 4 is 23.1 Å². The fourth-order valence-corrected chi connectivity index (χ4v) is 1.90. The van der Waals surface area contributed by atoms with Gasteiger partial charge in [0.15, 0.2) is 0 Å². The van der Waals surface area contributed by atoms with E-state index in [0.717, 1.165) is 6.07 Å². The molecule has 1 rings (SSSR count). The molecule has 1 amide bonds. The van der Waals surface area contributed by atoms with Crippen LogP contribution < -0.4 is 5.73 Å². The van der Waals surface area contributed by atoms with Crippen molar-refractivity contribution in [3.63, 3.8) is 0 Å². The van der Waals surface area contributed by atoms with E-state index in [9.17, 15) is 14.3 Å². The first-order valence-corrected chi connectivity index (χ1v) is 6.78. The van der Waals surface area contributed by atoms with Crippen LogP contribution in [0.2, 0.25) is 0 Å². The predicted octanol–water partition coefficient (Wildman–Crippen LogP) is 2.31. The molecular weight excluding hydrogens is 279 g/mol. The predicted molar refractivity (Wildman–Crippen MR) is 80.2 cm³/mol. The van der Waals surface area contributed by atoms with Gasteiger partial charge in [-0.25, -0.2) is 4.39 Å². The van der Waals surface area contributed by atoms with E-state index < -0.39 is 11.7 Å².